The van der Waals surface area contributed by atoms with Gasteiger partial charge < -0.3 is 14.8 Å². The molecule has 2 aromatic rings. The maximum atomic E-state index is 12.1. The molecule has 5 nitrogen and oxygen atoms in total. The van der Waals surface area contributed by atoms with E-state index in [1.807, 2.05) is 24.3 Å². The number of rotatable bonds is 6. The minimum atomic E-state index is -0.397. The van der Waals surface area contributed by atoms with E-state index in [1.54, 1.807) is 31.4 Å². The van der Waals surface area contributed by atoms with Crippen molar-refractivity contribution in [2.45, 2.75) is 19.4 Å². The van der Waals surface area contributed by atoms with Gasteiger partial charge in [0.1, 0.15) is 12.4 Å². The van der Waals surface area contributed by atoms with E-state index >= 15 is 0 Å². The van der Waals surface area contributed by atoms with E-state index in [-0.39, 0.29) is 18.4 Å². The SMILES string of the molecule is COc1ccc(COC(=O)c2ccc(NC(=O)C3CC3)cc2)cc1. The van der Waals surface area contributed by atoms with Gasteiger partial charge in [0.05, 0.1) is 12.7 Å². The van der Waals surface area contributed by atoms with Gasteiger partial charge in [0.25, 0.3) is 0 Å². The van der Waals surface area contributed by atoms with Crippen LogP contribution in [0.2, 0.25) is 0 Å². The van der Waals surface area contributed by atoms with Gasteiger partial charge in [-0.05, 0) is 54.8 Å². The largest absolute Gasteiger partial charge is 0.497 e. The van der Waals surface area contributed by atoms with Gasteiger partial charge in [-0.25, -0.2) is 4.79 Å². The van der Waals surface area contributed by atoms with Crippen molar-refractivity contribution in [2.75, 3.05) is 12.4 Å². The Morgan fingerprint density at radius 3 is 2.29 bits per heavy atom. The summed E-state index contributed by atoms with van der Waals surface area (Å²) < 4.78 is 10.4. The van der Waals surface area contributed by atoms with Gasteiger partial charge in [-0.15, -0.1) is 0 Å². The third-order valence-corrected chi connectivity index (χ3v) is 3.87. The second kappa shape index (κ2) is 7.17. The standard InChI is InChI=1S/C19H19NO4/c1-23-17-10-2-13(3-11-17)12-24-19(22)15-6-8-16(9-7-15)20-18(21)14-4-5-14/h2-3,6-11,14H,4-5,12H2,1H3,(H,20,21). The number of hydrogen-bond acceptors (Lipinski definition) is 4. The lowest BCUT2D eigenvalue weighted by atomic mass is 10.2. The van der Waals surface area contributed by atoms with E-state index in [4.69, 9.17) is 9.47 Å². The molecule has 0 spiro atoms. The molecule has 3 rings (SSSR count). The van der Waals surface area contributed by atoms with Crippen LogP contribution in [-0.4, -0.2) is 19.0 Å². The van der Waals surface area contributed by atoms with E-state index in [2.05, 4.69) is 5.32 Å². The molecule has 1 amide bonds. The molecule has 1 fully saturated rings. The fourth-order valence-corrected chi connectivity index (χ4v) is 2.23. The first-order valence-corrected chi connectivity index (χ1v) is 7.86. The quantitative estimate of drug-likeness (QED) is 0.827. The molecule has 0 bridgehead atoms. The molecule has 2 aromatic carbocycles. The Morgan fingerprint density at radius 1 is 1.04 bits per heavy atom. The van der Waals surface area contributed by atoms with E-state index in [1.165, 1.54) is 0 Å². The summed E-state index contributed by atoms with van der Waals surface area (Å²) in [5, 5.41) is 2.84. The average Bonchev–Trinajstić information content (AvgIpc) is 3.46. The summed E-state index contributed by atoms with van der Waals surface area (Å²) in [6.45, 7) is 0.197. The van der Waals surface area contributed by atoms with E-state index in [0.717, 1.165) is 24.2 Å². The van der Waals surface area contributed by atoms with Crippen molar-refractivity contribution in [3.05, 3.63) is 59.7 Å². The van der Waals surface area contributed by atoms with E-state index in [0.29, 0.717) is 11.3 Å². The van der Waals surface area contributed by atoms with Crippen LogP contribution in [-0.2, 0) is 16.1 Å². The van der Waals surface area contributed by atoms with Gasteiger partial charge in [0.15, 0.2) is 0 Å². The summed E-state index contributed by atoms with van der Waals surface area (Å²) in [5.41, 5.74) is 2.03. The summed E-state index contributed by atoms with van der Waals surface area (Å²) in [6, 6.07) is 14.1. The topological polar surface area (TPSA) is 64.6 Å². The van der Waals surface area contributed by atoms with Gasteiger partial charge in [0.2, 0.25) is 5.91 Å². The van der Waals surface area contributed by atoms with E-state index < -0.39 is 5.97 Å². The lowest BCUT2D eigenvalue weighted by Gasteiger charge is -2.07. The van der Waals surface area contributed by atoms with Crippen LogP contribution in [0.15, 0.2) is 48.5 Å². The molecule has 1 saturated carbocycles. The summed E-state index contributed by atoms with van der Waals surface area (Å²) >= 11 is 0. The smallest absolute Gasteiger partial charge is 0.338 e. The van der Waals surface area contributed by atoms with Crippen LogP contribution < -0.4 is 10.1 Å². The highest BCUT2D eigenvalue weighted by molar-refractivity contribution is 5.95. The van der Waals surface area contributed by atoms with Crippen LogP contribution in [0.5, 0.6) is 5.75 Å². The van der Waals surface area contributed by atoms with Gasteiger partial charge in [0, 0.05) is 11.6 Å². The minimum absolute atomic E-state index is 0.0461. The molecule has 1 aliphatic rings. The van der Waals surface area contributed by atoms with Gasteiger partial charge in [-0.3, -0.25) is 4.79 Å². The van der Waals surface area contributed by atoms with Gasteiger partial charge in [-0.1, -0.05) is 12.1 Å². The van der Waals surface area contributed by atoms with Crippen LogP contribution in [0.3, 0.4) is 0 Å². The zero-order chi connectivity index (χ0) is 16.9. The molecule has 1 aliphatic carbocycles. The number of hydrogen-bond donors (Lipinski definition) is 1. The molecule has 0 aromatic heterocycles. The Morgan fingerprint density at radius 2 is 1.71 bits per heavy atom. The number of benzene rings is 2. The highest BCUT2D eigenvalue weighted by Gasteiger charge is 2.29. The number of nitrogens with one attached hydrogen (secondary N) is 1. The average molecular weight is 325 g/mol. The van der Waals surface area contributed by atoms with Crippen LogP contribution in [0.25, 0.3) is 0 Å². The predicted octanol–water partition coefficient (Wildman–Crippen LogP) is 3.40. The zero-order valence-corrected chi connectivity index (χ0v) is 13.5. The second-order valence-electron chi connectivity index (χ2n) is 5.77. The molecule has 0 unspecified atom stereocenters. The molecule has 24 heavy (non-hydrogen) atoms. The summed E-state index contributed by atoms with van der Waals surface area (Å²) in [7, 11) is 1.60. The third-order valence-electron chi connectivity index (χ3n) is 3.87. The number of methoxy groups -OCH3 is 1. The summed E-state index contributed by atoms with van der Waals surface area (Å²) in [6.07, 6.45) is 1.92. The second-order valence-corrected chi connectivity index (χ2v) is 5.77. The molecular weight excluding hydrogens is 306 g/mol. The van der Waals surface area contributed by atoms with Crippen molar-refractivity contribution in [2.24, 2.45) is 5.92 Å². The molecule has 0 aliphatic heterocycles. The monoisotopic (exact) mass is 325 g/mol. The van der Waals surface area contributed by atoms with Crippen molar-refractivity contribution in [3.8, 4) is 5.75 Å². The Hall–Kier alpha value is -2.82. The lowest BCUT2D eigenvalue weighted by Crippen LogP contribution is -2.13. The highest BCUT2D eigenvalue weighted by Crippen LogP contribution is 2.30. The van der Waals surface area contributed by atoms with Crippen LogP contribution in [0, 0.1) is 5.92 Å². The number of carbonyl (C=O) groups excluding carboxylic acids is 2. The summed E-state index contributed by atoms with van der Waals surface area (Å²) in [4.78, 5) is 23.7. The fraction of sp³-hybridized carbons (Fsp3) is 0.263. The summed E-state index contributed by atoms with van der Waals surface area (Å²) in [5.74, 6) is 0.559. The van der Waals surface area contributed by atoms with Crippen molar-refractivity contribution in [3.63, 3.8) is 0 Å². The van der Waals surface area contributed by atoms with Crippen molar-refractivity contribution >= 4 is 17.6 Å². The third kappa shape index (κ3) is 4.13. The van der Waals surface area contributed by atoms with Crippen molar-refractivity contribution < 1.29 is 19.1 Å². The predicted molar refractivity (Wildman–Crippen MR) is 89.9 cm³/mol. The van der Waals surface area contributed by atoms with E-state index in [9.17, 15) is 9.59 Å². The Labute approximate surface area is 140 Å². The molecule has 124 valence electrons. The first kappa shape index (κ1) is 16.1. The van der Waals surface area contributed by atoms with Gasteiger partial charge in [-0.2, -0.15) is 0 Å². The first-order valence-electron chi connectivity index (χ1n) is 7.86. The highest BCUT2D eigenvalue weighted by atomic mass is 16.5. The minimum Gasteiger partial charge on any atom is -0.497 e. The lowest BCUT2D eigenvalue weighted by molar-refractivity contribution is -0.117. The molecule has 0 atom stereocenters. The van der Waals surface area contributed by atoms with Gasteiger partial charge >= 0.3 is 5.97 Å². The molecule has 0 saturated heterocycles. The number of anilines is 1. The molecule has 1 N–H and O–H groups in total. The number of amides is 1. The number of esters is 1. The molecule has 5 heteroatoms. The molecule has 0 radical (unpaired) electrons. The molecular formula is C19H19NO4. The first-order chi connectivity index (χ1) is 11.7. The van der Waals surface area contributed by atoms with Crippen LogP contribution in [0.4, 0.5) is 5.69 Å². The Bertz CT molecular complexity index is 718. The Kier molecular flexibility index (Phi) is 4.79. The van der Waals surface area contributed by atoms with Crippen LogP contribution >= 0.6 is 0 Å². The normalized spacial score (nSPS) is 13.2. The number of ether oxygens (including phenoxy) is 2. The van der Waals surface area contributed by atoms with Crippen LogP contribution in [0.1, 0.15) is 28.8 Å². The number of carbonyl (C=O) groups is 2. The van der Waals surface area contributed by atoms with Crippen molar-refractivity contribution in [1.29, 1.82) is 0 Å². The maximum absolute atomic E-state index is 12.1. The molecule has 0 heterocycles. The Balaban J connectivity index is 1.53. The maximum Gasteiger partial charge on any atom is 0.338 e. The fourth-order valence-electron chi connectivity index (χ4n) is 2.23. The van der Waals surface area contributed by atoms with Crippen molar-refractivity contribution in [1.82, 2.24) is 0 Å². The zero-order valence-electron chi connectivity index (χ0n) is 13.5.